The van der Waals surface area contributed by atoms with Crippen molar-refractivity contribution in [3.63, 3.8) is 0 Å². The molecule has 0 aliphatic heterocycles. The largest absolute Gasteiger partial charge is 0.469 e. The summed E-state index contributed by atoms with van der Waals surface area (Å²) >= 11 is 2.79. The van der Waals surface area contributed by atoms with Gasteiger partial charge in [-0.25, -0.2) is 4.98 Å². The first-order valence-electron chi connectivity index (χ1n) is 7.84. The van der Waals surface area contributed by atoms with Gasteiger partial charge in [-0.2, -0.15) is 0 Å². The molecule has 3 aromatic heterocycles. The number of benzene rings is 1. The van der Waals surface area contributed by atoms with Crippen LogP contribution < -0.4 is 5.32 Å². The molecule has 0 unspecified atom stereocenters. The van der Waals surface area contributed by atoms with Crippen molar-refractivity contribution >= 4 is 44.4 Å². The van der Waals surface area contributed by atoms with Crippen molar-refractivity contribution < 1.29 is 9.21 Å². The Hall–Kier alpha value is -2.65. The second kappa shape index (κ2) is 6.93. The third-order valence-electron chi connectivity index (χ3n) is 3.81. The average molecular weight is 385 g/mol. The number of nitrogens with zero attached hydrogens (tertiary/aromatic N) is 4. The van der Waals surface area contributed by atoms with Gasteiger partial charge >= 0.3 is 0 Å². The Bertz CT molecular complexity index is 1050. The first-order chi connectivity index (χ1) is 12.6. The molecule has 1 aromatic carbocycles. The monoisotopic (exact) mass is 385 g/mol. The highest BCUT2D eigenvalue weighted by Gasteiger charge is 2.16. The highest BCUT2D eigenvalue weighted by atomic mass is 32.2. The predicted molar refractivity (Wildman–Crippen MR) is 102 cm³/mol. The molecule has 1 N–H and O–H groups in total. The van der Waals surface area contributed by atoms with Crippen molar-refractivity contribution in [2.75, 3.05) is 11.1 Å². The molecule has 0 spiro atoms. The van der Waals surface area contributed by atoms with Gasteiger partial charge in [-0.15, -0.1) is 10.2 Å². The summed E-state index contributed by atoms with van der Waals surface area (Å²) in [6, 6.07) is 9.64. The van der Waals surface area contributed by atoms with Crippen molar-refractivity contribution in [2.45, 2.75) is 12.1 Å². The summed E-state index contributed by atoms with van der Waals surface area (Å²) in [7, 11) is 1.87. The van der Waals surface area contributed by atoms with Gasteiger partial charge in [0, 0.05) is 7.05 Å². The van der Waals surface area contributed by atoms with Crippen LogP contribution in [0.4, 0.5) is 5.13 Å². The lowest BCUT2D eigenvalue weighted by molar-refractivity contribution is -0.113. The summed E-state index contributed by atoms with van der Waals surface area (Å²) in [6.45, 7) is 1.88. The van der Waals surface area contributed by atoms with E-state index in [4.69, 9.17) is 4.42 Å². The van der Waals surface area contributed by atoms with Crippen LogP contribution in [0.3, 0.4) is 0 Å². The van der Waals surface area contributed by atoms with E-state index < -0.39 is 0 Å². The Balaban J connectivity index is 1.42. The highest BCUT2D eigenvalue weighted by molar-refractivity contribution is 7.99. The smallest absolute Gasteiger partial charge is 0.236 e. The summed E-state index contributed by atoms with van der Waals surface area (Å²) in [5.41, 5.74) is 1.78. The molecular formula is C17H15N5O2S2. The van der Waals surface area contributed by atoms with Gasteiger partial charge in [0.15, 0.2) is 16.1 Å². The van der Waals surface area contributed by atoms with Crippen LogP contribution in [0.5, 0.6) is 0 Å². The van der Waals surface area contributed by atoms with E-state index in [1.165, 1.54) is 23.1 Å². The number of fused-ring (bicyclic) bond motifs is 1. The maximum Gasteiger partial charge on any atom is 0.236 e. The first-order valence-corrected chi connectivity index (χ1v) is 9.64. The minimum Gasteiger partial charge on any atom is -0.469 e. The molecule has 132 valence electrons. The van der Waals surface area contributed by atoms with Crippen LogP contribution in [0.1, 0.15) is 5.76 Å². The number of rotatable bonds is 5. The molecule has 0 radical (unpaired) electrons. The molecule has 9 heteroatoms. The number of nitrogens with one attached hydrogen (secondary N) is 1. The Morgan fingerprint density at radius 3 is 2.92 bits per heavy atom. The van der Waals surface area contributed by atoms with E-state index in [-0.39, 0.29) is 11.7 Å². The van der Waals surface area contributed by atoms with Gasteiger partial charge in [-0.3, -0.25) is 4.79 Å². The summed E-state index contributed by atoms with van der Waals surface area (Å²) < 4.78 is 8.21. The lowest BCUT2D eigenvalue weighted by atomic mass is 10.2. The number of carbonyl (C=O) groups excluding carboxylic acids is 1. The normalized spacial score (nSPS) is 11.2. The van der Waals surface area contributed by atoms with E-state index >= 15 is 0 Å². The highest BCUT2D eigenvalue weighted by Crippen LogP contribution is 2.27. The number of amides is 1. The molecule has 0 aliphatic rings. The third-order valence-corrected chi connectivity index (χ3v) is 5.78. The molecule has 0 atom stereocenters. The van der Waals surface area contributed by atoms with Crippen LogP contribution in [-0.4, -0.2) is 31.4 Å². The van der Waals surface area contributed by atoms with E-state index in [2.05, 4.69) is 20.5 Å². The van der Waals surface area contributed by atoms with Crippen molar-refractivity contribution in [1.29, 1.82) is 0 Å². The fourth-order valence-electron chi connectivity index (χ4n) is 2.50. The molecule has 3 heterocycles. The molecule has 26 heavy (non-hydrogen) atoms. The number of aromatic nitrogens is 4. The second-order valence-corrected chi connectivity index (χ2v) is 7.55. The quantitative estimate of drug-likeness (QED) is 0.527. The fourth-order valence-corrected chi connectivity index (χ4v) is 4.10. The summed E-state index contributed by atoms with van der Waals surface area (Å²) in [6.07, 6.45) is 1.62. The van der Waals surface area contributed by atoms with Crippen molar-refractivity contribution in [3.05, 3.63) is 42.4 Å². The Labute approximate surface area is 157 Å². The molecule has 4 rings (SSSR count). The topological polar surface area (TPSA) is 85.8 Å². The number of para-hydroxylation sites is 1. The summed E-state index contributed by atoms with van der Waals surface area (Å²) in [4.78, 5) is 16.6. The van der Waals surface area contributed by atoms with Gasteiger partial charge < -0.3 is 14.3 Å². The van der Waals surface area contributed by atoms with E-state index in [0.717, 1.165) is 21.5 Å². The van der Waals surface area contributed by atoms with Gasteiger partial charge in [-0.1, -0.05) is 35.2 Å². The van der Waals surface area contributed by atoms with E-state index in [1.807, 2.05) is 48.9 Å². The number of thiazole rings is 1. The lowest BCUT2D eigenvalue weighted by Crippen LogP contribution is -2.14. The third kappa shape index (κ3) is 3.23. The number of thioether (sulfide) groups is 1. The van der Waals surface area contributed by atoms with Crippen molar-refractivity contribution in [1.82, 2.24) is 19.7 Å². The van der Waals surface area contributed by atoms with Gasteiger partial charge in [-0.05, 0) is 25.1 Å². The number of aryl methyl sites for hydroxylation is 1. The zero-order valence-electron chi connectivity index (χ0n) is 14.1. The molecule has 0 fully saturated rings. The number of anilines is 1. The van der Waals surface area contributed by atoms with Crippen LogP contribution in [-0.2, 0) is 11.8 Å². The molecule has 4 aromatic rings. The minimum atomic E-state index is -0.127. The molecule has 0 bridgehead atoms. The van der Waals surface area contributed by atoms with Gasteiger partial charge in [0.05, 0.1) is 27.8 Å². The molecular weight excluding hydrogens is 370 g/mol. The Morgan fingerprint density at radius 1 is 1.31 bits per heavy atom. The average Bonchev–Trinajstić information content (AvgIpc) is 3.31. The maximum absolute atomic E-state index is 12.2. The zero-order valence-corrected chi connectivity index (χ0v) is 15.7. The van der Waals surface area contributed by atoms with Crippen LogP contribution in [0.2, 0.25) is 0 Å². The molecule has 0 saturated carbocycles. The number of carbonyl (C=O) groups is 1. The second-order valence-electron chi connectivity index (χ2n) is 5.58. The lowest BCUT2D eigenvalue weighted by Gasteiger charge is -2.03. The molecule has 7 nitrogen and oxygen atoms in total. The van der Waals surface area contributed by atoms with Crippen LogP contribution in [0.15, 0.2) is 46.2 Å². The van der Waals surface area contributed by atoms with E-state index in [9.17, 15) is 4.79 Å². The Kier molecular flexibility index (Phi) is 4.48. The number of hydrogen-bond acceptors (Lipinski definition) is 7. The van der Waals surface area contributed by atoms with Crippen molar-refractivity contribution in [2.24, 2.45) is 7.05 Å². The molecule has 0 saturated heterocycles. The SMILES string of the molecule is Cc1occc1-c1nnc(SCC(=O)Nc2nc3ccccc3s2)n1C. The fraction of sp³-hybridized carbons (Fsp3) is 0.176. The molecule has 1 amide bonds. The number of furan rings is 1. The maximum atomic E-state index is 12.2. The van der Waals surface area contributed by atoms with Crippen molar-refractivity contribution in [3.8, 4) is 11.4 Å². The standard InChI is InChI=1S/C17H15N5O2S2/c1-10-11(7-8-24-10)15-20-21-17(22(15)2)25-9-14(23)19-16-18-12-5-3-4-6-13(12)26-16/h3-8H,9H2,1-2H3,(H,18,19,23). The minimum absolute atomic E-state index is 0.127. The van der Waals surface area contributed by atoms with E-state index in [1.54, 1.807) is 6.26 Å². The Morgan fingerprint density at radius 2 is 2.15 bits per heavy atom. The van der Waals surface area contributed by atoms with Gasteiger partial charge in [0.2, 0.25) is 5.91 Å². The first kappa shape index (κ1) is 16.8. The van der Waals surface area contributed by atoms with E-state index in [0.29, 0.717) is 16.1 Å². The van der Waals surface area contributed by atoms with Crippen LogP contribution in [0.25, 0.3) is 21.6 Å². The summed E-state index contributed by atoms with van der Waals surface area (Å²) in [5.74, 6) is 1.60. The predicted octanol–water partition coefficient (Wildman–Crippen LogP) is 3.72. The molecule has 0 aliphatic carbocycles. The number of hydrogen-bond donors (Lipinski definition) is 1. The van der Waals surface area contributed by atoms with Crippen LogP contribution in [0, 0.1) is 6.92 Å². The van der Waals surface area contributed by atoms with Gasteiger partial charge in [0.1, 0.15) is 5.76 Å². The summed E-state index contributed by atoms with van der Waals surface area (Å²) in [5, 5.41) is 12.5. The zero-order chi connectivity index (χ0) is 18.1. The van der Waals surface area contributed by atoms with Gasteiger partial charge in [0.25, 0.3) is 0 Å². The van der Waals surface area contributed by atoms with Crippen LogP contribution >= 0.6 is 23.1 Å².